The fourth-order valence-corrected chi connectivity index (χ4v) is 4.15. The third kappa shape index (κ3) is 9.46. The predicted octanol–water partition coefficient (Wildman–Crippen LogP) is 7.70. The van der Waals surface area contributed by atoms with Crippen molar-refractivity contribution in [1.82, 2.24) is 5.59 Å². The van der Waals surface area contributed by atoms with E-state index in [0.717, 1.165) is 5.92 Å². The molecular weight excluding hydrogens is 438 g/mol. The van der Waals surface area contributed by atoms with E-state index < -0.39 is 0 Å². The zero-order chi connectivity index (χ0) is 20.9. The summed E-state index contributed by atoms with van der Waals surface area (Å²) in [4.78, 5) is 7.25. The predicted molar refractivity (Wildman–Crippen MR) is 121 cm³/mol. The summed E-state index contributed by atoms with van der Waals surface area (Å²) in [6.07, 6.45) is 24.1. The van der Waals surface area contributed by atoms with Crippen LogP contribution < -0.4 is 5.59 Å². The van der Waals surface area contributed by atoms with E-state index in [1.165, 1.54) is 87.4 Å². The molecule has 160 valence electrons. The minimum absolute atomic E-state index is 0. The molecule has 3 rings (SSSR count). The Morgan fingerprint density at radius 2 is 1.24 bits per heavy atom. The maximum Gasteiger partial charge on any atom is 0.120 e. The van der Waals surface area contributed by atoms with Gasteiger partial charge in [-0.15, -0.1) is 4.91 Å². The zero-order valence-electron chi connectivity index (χ0n) is 19.1. The maximum absolute atomic E-state index is 7.25. The molecule has 0 spiro atoms. The van der Waals surface area contributed by atoms with Crippen LogP contribution in [0.2, 0.25) is 0 Å². The van der Waals surface area contributed by atoms with E-state index in [1.807, 2.05) is 0 Å². The van der Waals surface area contributed by atoms with Gasteiger partial charge in [-0.05, 0) is 80.5 Å². The second kappa shape index (κ2) is 16.2. The minimum Gasteiger partial charge on any atom is -0.120 e. The van der Waals surface area contributed by atoms with Gasteiger partial charge in [0, 0.05) is 21.1 Å². The van der Waals surface area contributed by atoms with Gasteiger partial charge in [0.25, 0.3) is 0 Å². The summed E-state index contributed by atoms with van der Waals surface area (Å²) in [5.41, 5.74) is 7.43. The molecule has 0 aromatic carbocycles. The minimum atomic E-state index is 0. The summed E-state index contributed by atoms with van der Waals surface area (Å²) < 4.78 is 0. The molecule has 6 radical (unpaired) electrons. The van der Waals surface area contributed by atoms with Gasteiger partial charge in [0.05, 0.1) is 0 Å². The molecule has 1 saturated carbocycles. The average Bonchev–Trinajstić information content (AvgIpc) is 2.82. The first kappa shape index (κ1) is 28.5. The number of hydrogen-bond donors (Lipinski definition) is 0. The second-order valence-corrected chi connectivity index (χ2v) is 8.21. The molecule has 0 aromatic rings. The molecule has 3 aliphatic rings. The van der Waals surface area contributed by atoms with Gasteiger partial charge in [0.15, 0.2) is 0 Å². The molecule has 0 N–H and O–H groups in total. The van der Waals surface area contributed by atoms with Gasteiger partial charge >= 0.3 is 0 Å². The molecule has 0 heterocycles. The van der Waals surface area contributed by atoms with E-state index in [0.29, 0.717) is 0 Å². The molecule has 3 heteroatoms. The third-order valence-electron chi connectivity index (χ3n) is 6.58. The molecule has 0 amide bonds. The first-order chi connectivity index (χ1) is 13.5. The van der Waals surface area contributed by atoms with E-state index >= 15 is 0 Å². The van der Waals surface area contributed by atoms with Crippen LogP contribution in [0.1, 0.15) is 92.4 Å². The molecule has 1 unspecified atom stereocenters. The van der Waals surface area contributed by atoms with Crippen molar-refractivity contribution in [2.24, 2.45) is 5.92 Å². The van der Waals surface area contributed by atoms with E-state index in [-0.39, 0.29) is 21.1 Å². The Bertz CT molecular complexity index is 468. The second-order valence-electron chi connectivity index (χ2n) is 8.21. The van der Waals surface area contributed by atoms with Gasteiger partial charge in [0.2, 0.25) is 0 Å². The van der Waals surface area contributed by atoms with Gasteiger partial charge in [-0.1, -0.05) is 83.4 Å². The molecule has 2 nitrogen and oxygen atoms in total. The van der Waals surface area contributed by atoms with Crippen LogP contribution in [0.5, 0.6) is 0 Å². The Balaban J connectivity index is 0.000000524. The molecule has 0 saturated heterocycles. The number of allylic oxidation sites excluding steroid dienone is 6. The topological polar surface area (TPSA) is 39.4 Å². The first-order valence-electron chi connectivity index (χ1n) is 10.9. The van der Waals surface area contributed by atoms with E-state index in [2.05, 4.69) is 65.0 Å². The normalized spacial score (nSPS) is 29.1. The van der Waals surface area contributed by atoms with Crippen molar-refractivity contribution in [3.05, 3.63) is 70.4 Å². The molecular formula is C26H39MoNO. The Kier molecular flexibility index (Phi) is 16.0. The molecule has 3 aliphatic carbocycles. The zero-order valence-corrected chi connectivity index (χ0v) is 21.1. The molecule has 0 aliphatic heterocycles. The summed E-state index contributed by atoms with van der Waals surface area (Å²) in [5, 5.41) is 0. The summed E-state index contributed by atoms with van der Waals surface area (Å²) >= 11 is 0. The summed E-state index contributed by atoms with van der Waals surface area (Å²) in [5.74, 6) is 8.08. The molecule has 29 heavy (non-hydrogen) atoms. The van der Waals surface area contributed by atoms with Crippen molar-refractivity contribution >= 4 is 0 Å². The monoisotopic (exact) mass is 479 g/mol. The summed E-state index contributed by atoms with van der Waals surface area (Å²) in [6.45, 7) is 11.0. The third-order valence-corrected chi connectivity index (χ3v) is 6.58. The van der Waals surface area contributed by atoms with Gasteiger partial charge < -0.3 is 0 Å². The maximum atomic E-state index is 7.25. The van der Waals surface area contributed by atoms with Crippen LogP contribution in [0.3, 0.4) is 0 Å². The van der Waals surface area contributed by atoms with Crippen LogP contribution in [0.15, 0.2) is 36.0 Å². The summed E-state index contributed by atoms with van der Waals surface area (Å²) in [7, 11) is 0. The van der Waals surface area contributed by atoms with E-state index in [9.17, 15) is 0 Å². The van der Waals surface area contributed by atoms with Crippen molar-refractivity contribution in [2.45, 2.75) is 92.4 Å². The van der Waals surface area contributed by atoms with Gasteiger partial charge in [-0.2, -0.15) is 0 Å². The molecule has 0 aromatic heterocycles. The largest absolute Gasteiger partial charge is 0.120 e. The molecule has 1 fully saturated rings. The van der Waals surface area contributed by atoms with Gasteiger partial charge in [0.1, 0.15) is 5.59 Å². The Morgan fingerprint density at radius 3 is 1.83 bits per heavy atom. The van der Waals surface area contributed by atoms with Crippen molar-refractivity contribution in [2.75, 3.05) is 0 Å². The number of nitrogens with zero attached hydrogens (tertiary/aromatic N) is 1. The van der Waals surface area contributed by atoms with Crippen molar-refractivity contribution in [1.29, 1.82) is 0 Å². The number of rotatable bonds is 1. The number of nitroso groups, excluding NO2 is 1. The van der Waals surface area contributed by atoms with Crippen LogP contribution in [0.25, 0.3) is 0 Å². The Hall–Kier alpha value is -0.492. The summed E-state index contributed by atoms with van der Waals surface area (Å²) in [6, 6.07) is 0. The standard InChI is InChI=1S/C16H24.C10H15.Mo.NO/c1-3-7-11-15(12-8-4-1)16-13-9-5-2-6-10-14-16;1-6-7(2)9(4)10(5)8(6)3;;1-2/h3,7,9,11,13,16H,1-2,4-6,8,10,12,14H2;1-5H3;;/b7-3-,13-9-,15-11+;;;. The fourth-order valence-electron chi connectivity index (χ4n) is 4.15. The Morgan fingerprint density at radius 1 is 0.724 bits per heavy atom. The molecule has 1 atom stereocenters. The van der Waals surface area contributed by atoms with Gasteiger partial charge in [-0.3, -0.25) is 0 Å². The van der Waals surface area contributed by atoms with E-state index in [1.54, 1.807) is 5.57 Å². The van der Waals surface area contributed by atoms with Crippen molar-refractivity contribution in [3.63, 3.8) is 0 Å². The Labute approximate surface area is 195 Å². The van der Waals surface area contributed by atoms with Gasteiger partial charge in [-0.25, -0.2) is 0 Å². The SMILES string of the molecule is C1=C\CCCC\C(C2/C=C\CCCCC2)=C/1.C[C]1[C](C)[C](C)[C](C)[C]1C.[Mo].[N]=O. The fraction of sp³-hybridized carbons (Fsp3) is 0.577. The van der Waals surface area contributed by atoms with Crippen LogP contribution in [-0.2, 0) is 21.1 Å². The van der Waals surface area contributed by atoms with Crippen molar-refractivity contribution < 1.29 is 21.1 Å². The van der Waals surface area contributed by atoms with Crippen LogP contribution in [0, 0.1) is 40.4 Å². The number of hydrogen-bond acceptors (Lipinski definition) is 1. The van der Waals surface area contributed by atoms with Crippen LogP contribution in [-0.4, -0.2) is 0 Å². The smallest absolute Gasteiger partial charge is 0.120 e. The van der Waals surface area contributed by atoms with Crippen LogP contribution in [0.4, 0.5) is 0 Å². The van der Waals surface area contributed by atoms with Crippen molar-refractivity contribution in [3.8, 4) is 0 Å². The first-order valence-corrected chi connectivity index (χ1v) is 10.9. The van der Waals surface area contributed by atoms with E-state index in [4.69, 9.17) is 10.5 Å². The van der Waals surface area contributed by atoms with Crippen LogP contribution >= 0.6 is 0 Å². The quantitative estimate of drug-likeness (QED) is 0.282. The molecule has 0 bridgehead atoms. The average molecular weight is 478 g/mol.